The average Bonchev–Trinajstić information content (AvgIpc) is 3.21. The molecular formula is C20H23F2N3O2. The molecule has 1 amide bonds. The van der Waals surface area contributed by atoms with E-state index < -0.39 is 11.6 Å². The van der Waals surface area contributed by atoms with Crippen molar-refractivity contribution in [2.75, 3.05) is 13.1 Å². The number of rotatable bonds is 3. The topological polar surface area (TPSA) is 59.2 Å². The Hall–Kier alpha value is -2.31. The Morgan fingerprint density at radius 2 is 1.67 bits per heavy atom. The SMILES string of the molecule is O=C(c1ccc(F)c(F)c1)N1CCCC(c2nnc(C3CCCCC3)o2)C1. The smallest absolute Gasteiger partial charge is 0.253 e. The quantitative estimate of drug-likeness (QED) is 0.797. The zero-order valence-corrected chi connectivity index (χ0v) is 15.2. The predicted octanol–water partition coefficient (Wildman–Crippen LogP) is 4.42. The van der Waals surface area contributed by atoms with E-state index in [1.165, 1.54) is 25.3 Å². The van der Waals surface area contributed by atoms with Crippen LogP contribution in [0.15, 0.2) is 22.6 Å². The highest BCUT2D eigenvalue weighted by atomic mass is 19.2. The number of likely N-dealkylation sites (tertiary alicyclic amines) is 1. The number of benzene rings is 1. The summed E-state index contributed by atoms with van der Waals surface area (Å²) in [4.78, 5) is 14.3. The largest absolute Gasteiger partial charge is 0.425 e. The lowest BCUT2D eigenvalue weighted by Crippen LogP contribution is -2.39. The highest BCUT2D eigenvalue weighted by Crippen LogP contribution is 2.34. The summed E-state index contributed by atoms with van der Waals surface area (Å²) >= 11 is 0. The van der Waals surface area contributed by atoms with Gasteiger partial charge in [0.15, 0.2) is 11.6 Å². The fourth-order valence-corrected chi connectivity index (χ4v) is 4.10. The van der Waals surface area contributed by atoms with Crippen molar-refractivity contribution in [1.82, 2.24) is 15.1 Å². The highest BCUT2D eigenvalue weighted by Gasteiger charge is 2.30. The lowest BCUT2D eigenvalue weighted by Gasteiger charge is -2.31. The monoisotopic (exact) mass is 375 g/mol. The minimum absolute atomic E-state index is 0.0159. The zero-order valence-electron chi connectivity index (χ0n) is 15.2. The highest BCUT2D eigenvalue weighted by molar-refractivity contribution is 5.94. The summed E-state index contributed by atoms with van der Waals surface area (Å²) in [6, 6.07) is 3.26. The van der Waals surface area contributed by atoms with Gasteiger partial charge in [-0.15, -0.1) is 10.2 Å². The number of piperidine rings is 1. The van der Waals surface area contributed by atoms with Gasteiger partial charge < -0.3 is 9.32 Å². The van der Waals surface area contributed by atoms with Crippen LogP contribution in [0.25, 0.3) is 0 Å². The van der Waals surface area contributed by atoms with Crippen LogP contribution in [0.4, 0.5) is 8.78 Å². The molecule has 7 heteroatoms. The van der Waals surface area contributed by atoms with Crippen molar-refractivity contribution in [3.63, 3.8) is 0 Å². The molecule has 2 heterocycles. The van der Waals surface area contributed by atoms with Gasteiger partial charge in [-0.1, -0.05) is 19.3 Å². The van der Waals surface area contributed by atoms with Gasteiger partial charge in [0, 0.05) is 24.6 Å². The second-order valence-electron chi connectivity index (χ2n) is 7.53. The number of hydrogen-bond donors (Lipinski definition) is 0. The molecule has 27 heavy (non-hydrogen) atoms. The molecule has 0 radical (unpaired) electrons. The summed E-state index contributed by atoms with van der Waals surface area (Å²) in [5.74, 6) is -0.633. The van der Waals surface area contributed by atoms with Gasteiger partial charge in [-0.2, -0.15) is 0 Å². The standard InChI is InChI=1S/C20H23F2N3O2/c21-16-9-8-14(11-17(16)22)20(26)25-10-4-7-15(12-25)19-24-23-18(27-19)13-5-2-1-3-6-13/h8-9,11,13,15H,1-7,10,12H2. The molecule has 5 nitrogen and oxygen atoms in total. The first-order chi connectivity index (χ1) is 13.1. The maximum atomic E-state index is 13.4. The first-order valence-corrected chi connectivity index (χ1v) is 9.69. The molecule has 2 fully saturated rings. The summed E-state index contributed by atoms with van der Waals surface area (Å²) in [5, 5.41) is 8.50. The van der Waals surface area contributed by atoms with Gasteiger partial charge in [0.25, 0.3) is 5.91 Å². The number of hydrogen-bond acceptors (Lipinski definition) is 4. The van der Waals surface area contributed by atoms with Crippen LogP contribution in [-0.2, 0) is 0 Å². The second kappa shape index (κ2) is 7.74. The van der Waals surface area contributed by atoms with Crippen molar-refractivity contribution in [2.45, 2.75) is 56.8 Å². The van der Waals surface area contributed by atoms with E-state index in [0.717, 1.165) is 37.8 Å². The fourth-order valence-electron chi connectivity index (χ4n) is 4.10. The molecule has 0 N–H and O–H groups in total. The molecule has 1 saturated heterocycles. The molecule has 1 aliphatic carbocycles. The summed E-state index contributed by atoms with van der Waals surface area (Å²) in [6.07, 6.45) is 7.51. The van der Waals surface area contributed by atoms with E-state index in [-0.39, 0.29) is 17.4 Å². The summed E-state index contributed by atoms with van der Waals surface area (Å²) in [7, 11) is 0. The number of halogens is 2. The Kier molecular flexibility index (Phi) is 5.18. The summed E-state index contributed by atoms with van der Waals surface area (Å²) in [5.41, 5.74) is 0.156. The maximum absolute atomic E-state index is 13.4. The first kappa shape index (κ1) is 18.1. The minimum Gasteiger partial charge on any atom is -0.425 e. The Bertz CT molecular complexity index is 817. The number of carbonyl (C=O) groups excluding carboxylic acids is 1. The first-order valence-electron chi connectivity index (χ1n) is 9.69. The van der Waals surface area contributed by atoms with Crippen LogP contribution in [0.2, 0.25) is 0 Å². The molecule has 1 aromatic carbocycles. The van der Waals surface area contributed by atoms with Gasteiger partial charge in [0.2, 0.25) is 11.8 Å². The normalized spacial score (nSPS) is 21.4. The van der Waals surface area contributed by atoms with E-state index in [0.29, 0.717) is 30.8 Å². The number of aromatic nitrogens is 2. The van der Waals surface area contributed by atoms with Crippen molar-refractivity contribution in [3.05, 3.63) is 47.2 Å². The van der Waals surface area contributed by atoms with Crippen LogP contribution in [0.5, 0.6) is 0 Å². The lowest BCUT2D eigenvalue weighted by molar-refractivity contribution is 0.0697. The number of nitrogens with zero attached hydrogens (tertiary/aromatic N) is 3. The van der Waals surface area contributed by atoms with E-state index >= 15 is 0 Å². The van der Waals surface area contributed by atoms with E-state index in [4.69, 9.17) is 4.42 Å². The van der Waals surface area contributed by atoms with Crippen LogP contribution in [-0.4, -0.2) is 34.1 Å². The molecule has 1 unspecified atom stereocenters. The van der Waals surface area contributed by atoms with Gasteiger partial charge in [0.05, 0.1) is 5.92 Å². The van der Waals surface area contributed by atoms with Gasteiger partial charge in [-0.05, 0) is 43.9 Å². The molecule has 1 aliphatic heterocycles. The minimum atomic E-state index is -1.01. The molecule has 0 bridgehead atoms. The van der Waals surface area contributed by atoms with Crippen LogP contribution in [0, 0.1) is 11.6 Å². The van der Waals surface area contributed by atoms with Gasteiger partial charge in [-0.25, -0.2) is 8.78 Å². The van der Waals surface area contributed by atoms with Crippen molar-refractivity contribution in [2.24, 2.45) is 0 Å². The molecule has 0 spiro atoms. The Balaban J connectivity index is 1.45. The molecule has 2 aliphatic rings. The maximum Gasteiger partial charge on any atom is 0.253 e. The van der Waals surface area contributed by atoms with E-state index in [2.05, 4.69) is 10.2 Å². The van der Waals surface area contributed by atoms with Crippen molar-refractivity contribution in [3.8, 4) is 0 Å². The van der Waals surface area contributed by atoms with Crippen molar-refractivity contribution in [1.29, 1.82) is 0 Å². The van der Waals surface area contributed by atoms with E-state index in [1.54, 1.807) is 4.90 Å². The number of carbonyl (C=O) groups is 1. The summed E-state index contributed by atoms with van der Waals surface area (Å²) < 4.78 is 32.5. The van der Waals surface area contributed by atoms with Crippen LogP contribution in [0.1, 0.15) is 78.9 Å². The van der Waals surface area contributed by atoms with E-state index in [9.17, 15) is 13.6 Å². The Morgan fingerprint density at radius 3 is 2.41 bits per heavy atom. The lowest BCUT2D eigenvalue weighted by atomic mass is 9.89. The fraction of sp³-hybridized carbons (Fsp3) is 0.550. The van der Waals surface area contributed by atoms with Crippen LogP contribution in [0.3, 0.4) is 0 Å². The van der Waals surface area contributed by atoms with Gasteiger partial charge in [-0.3, -0.25) is 4.79 Å². The third-order valence-electron chi connectivity index (χ3n) is 5.64. The Labute approximate surface area is 156 Å². The average molecular weight is 375 g/mol. The molecule has 1 saturated carbocycles. The molecule has 4 rings (SSSR count). The van der Waals surface area contributed by atoms with Crippen molar-refractivity contribution < 1.29 is 18.0 Å². The van der Waals surface area contributed by atoms with Crippen molar-refractivity contribution >= 4 is 5.91 Å². The van der Waals surface area contributed by atoms with Crippen LogP contribution >= 0.6 is 0 Å². The van der Waals surface area contributed by atoms with Crippen LogP contribution < -0.4 is 0 Å². The molecule has 144 valence electrons. The number of amides is 1. The zero-order chi connectivity index (χ0) is 18.8. The van der Waals surface area contributed by atoms with E-state index in [1.807, 2.05) is 0 Å². The third-order valence-corrected chi connectivity index (χ3v) is 5.64. The van der Waals surface area contributed by atoms with Gasteiger partial charge in [0.1, 0.15) is 0 Å². The summed E-state index contributed by atoms with van der Waals surface area (Å²) in [6.45, 7) is 1.03. The molecule has 1 aromatic heterocycles. The van der Waals surface area contributed by atoms with Gasteiger partial charge >= 0.3 is 0 Å². The molecule has 1 atom stereocenters. The third kappa shape index (κ3) is 3.87. The predicted molar refractivity (Wildman–Crippen MR) is 94.4 cm³/mol. The second-order valence-corrected chi connectivity index (χ2v) is 7.53. The molecular weight excluding hydrogens is 352 g/mol. The Morgan fingerprint density at radius 1 is 0.963 bits per heavy atom. The molecule has 2 aromatic rings.